The summed E-state index contributed by atoms with van der Waals surface area (Å²) >= 11 is 1.41. The van der Waals surface area contributed by atoms with E-state index in [9.17, 15) is 24.3 Å². The summed E-state index contributed by atoms with van der Waals surface area (Å²) in [4.78, 5) is 51.0. The van der Waals surface area contributed by atoms with Crippen molar-refractivity contribution in [1.29, 1.82) is 0 Å². The number of anilines is 1. The molecule has 3 rings (SSSR count). The fourth-order valence-electron chi connectivity index (χ4n) is 3.37. The molecule has 0 saturated carbocycles. The van der Waals surface area contributed by atoms with E-state index in [0.29, 0.717) is 22.7 Å². The second-order valence-electron chi connectivity index (χ2n) is 7.64. The molecular formula is C23H24N3NaO5S. The first-order valence-electron chi connectivity index (χ1n) is 10.1. The molecule has 1 aromatic heterocycles. The van der Waals surface area contributed by atoms with E-state index >= 15 is 0 Å². The quantitative estimate of drug-likeness (QED) is 0.382. The first kappa shape index (κ1) is 26.8. The average Bonchev–Trinajstić information content (AvgIpc) is 3.10. The monoisotopic (exact) mass is 477 g/mol. The number of carboxylic acids is 1. The molecule has 1 aliphatic rings. The number of likely N-dealkylation sites (N-methyl/N-ethyl adjacent to an activating group) is 1. The number of carbonyl (C=O) groups is 4. The Kier molecular flexibility index (Phi) is 9.42. The molecule has 2 heterocycles. The third-order valence-corrected chi connectivity index (χ3v) is 6.50. The Morgan fingerprint density at radius 1 is 1.18 bits per heavy atom. The van der Waals surface area contributed by atoms with Gasteiger partial charge in [-0.05, 0) is 43.9 Å². The van der Waals surface area contributed by atoms with Crippen LogP contribution in [0.2, 0.25) is 0 Å². The number of benzene rings is 1. The van der Waals surface area contributed by atoms with Gasteiger partial charge in [0, 0.05) is 41.0 Å². The van der Waals surface area contributed by atoms with Gasteiger partial charge >= 0.3 is 35.6 Å². The van der Waals surface area contributed by atoms with Crippen molar-refractivity contribution in [2.45, 2.75) is 39.2 Å². The zero-order chi connectivity index (χ0) is 23.4. The van der Waals surface area contributed by atoms with E-state index in [1.54, 1.807) is 13.0 Å². The first-order valence-corrected chi connectivity index (χ1v) is 10.9. The first-order chi connectivity index (χ1) is 15.2. The molecule has 2 N–H and O–H groups in total. The van der Waals surface area contributed by atoms with Crippen LogP contribution in [0.4, 0.5) is 10.5 Å². The molecule has 0 radical (unpaired) electrons. The molecule has 1 aromatic carbocycles. The Bertz CT molecular complexity index is 1110. The van der Waals surface area contributed by atoms with Crippen molar-refractivity contribution in [2.75, 3.05) is 12.4 Å². The molecule has 0 fully saturated rings. The number of allylic oxidation sites excluding steroid dienone is 1. The van der Waals surface area contributed by atoms with Gasteiger partial charge < -0.3 is 25.4 Å². The van der Waals surface area contributed by atoms with Gasteiger partial charge in [0.2, 0.25) is 0 Å². The van der Waals surface area contributed by atoms with Crippen LogP contribution in [0.3, 0.4) is 0 Å². The van der Waals surface area contributed by atoms with Gasteiger partial charge in [-0.2, -0.15) is 0 Å². The molecule has 0 aliphatic carbocycles. The van der Waals surface area contributed by atoms with Crippen LogP contribution in [0.25, 0.3) is 0 Å². The normalized spacial score (nSPS) is 15.5. The summed E-state index contributed by atoms with van der Waals surface area (Å²) in [6.07, 6.45) is 1.95. The summed E-state index contributed by atoms with van der Waals surface area (Å²) in [5.74, 6) is -2.20. The number of rotatable bonds is 7. The van der Waals surface area contributed by atoms with E-state index in [0.717, 1.165) is 16.0 Å². The summed E-state index contributed by atoms with van der Waals surface area (Å²) in [6, 6.07) is 7.71. The fourth-order valence-corrected chi connectivity index (χ4v) is 4.52. The molecule has 2 aromatic rings. The molecule has 10 heteroatoms. The molecule has 0 unspecified atom stereocenters. The van der Waals surface area contributed by atoms with E-state index in [2.05, 4.69) is 10.6 Å². The SMILES string of the molecule is CC1=CC(=O)[C@H](NC(=O)Nc2cc(Cc3ccccc3C)sc2CCC(=O)[O-])C(=O)N1C.[Na+]. The van der Waals surface area contributed by atoms with Gasteiger partial charge in [-0.15, -0.1) is 11.3 Å². The number of thiophene rings is 1. The third-order valence-electron chi connectivity index (χ3n) is 5.31. The topological polar surface area (TPSA) is 119 Å². The molecule has 0 bridgehead atoms. The number of urea groups is 1. The van der Waals surface area contributed by atoms with E-state index < -0.39 is 29.7 Å². The van der Waals surface area contributed by atoms with Crippen LogP contribution < -0.4 is 45.3 Å². The molecule has 0 saturated heterocycles. The molecule has 3 amide bonds. The van der Waals surface area contributed by atoms with E-state index in [1.165, 1.54) is 29.4 Å². The minimum Gasteiger partial charge on any atom is -0.550 e. The molecule has 168 valence electrons. The Morgan fingerprint density at radius 2 is 1.88 bits per heavy atom. The second-order valence-corrected chi connectivity index (χ2v) is 8.86. The molecular weight excluding hydrogens is 453 g/mol. The smallest absolute Gasteiger partial charge is 0.550 e. The van der Waals surface area contributed by atoms with Gasteiger partial charge in [0.05, 0.1) is 5.69 Å². The summed E-state index contributed by atoms with van der Waals surface area (Å²) in [5.41, 5.74) is 3.21. The number of ketones is 1. The van der Waals surface area contributed by atoms with Crippen LogP contribution >= 0.6 is 11.3 Å². The summed E-state index contributed by atoms with van der Waals surface area (Å²) in [6.45, 7) is 3.65. The predicted molar refractivity (Wildman–Crippen MR) is 119 cm³/mol. The second kappa shape index (κ2) is 11.6. The van der Waals surface area contributed by atoms with Crippen molar-refractivity contribution in [2.24, 2.45) is 0 Å². The van der Waals surface area contributed by atoms with Gasteiger partial charge in [-0.1, -0.05) is 24.3 Å². The Hall–Kier alpha value is -2.46. The maximum Gasteiger partial charge on any atom is 1.00 e. The van der Waals surface area contributed by atoms with Gasteiger partial charge in [0.1, 0.15) is 0 Å². The van der Waals surface area contributed by atoms with Crippen LogP contribution in [0.5, 0.6) is 0 Å². The Balaban J connectivity index is 0.00000385. The standard InChI is InChI=1S/C23H25N3O5S.Na/c1-13-6-4-5-7-15(13)11-16-12-17(19(32-16)8-9-20(28)29)24-23(31)25-21-18(27)10-14(2)26(3)22(21)30;/h4-7,10,12,21H,8-9,11H2,1-3H3,(H,28,29)(H2,24,25,31);/q;+1/p-1/t21-;/m0./s1. The average molecular weight is 478 g/mol. The maximum atomic E-state index is 12.6. The molecule has 1 aliphatic heterocycles. The van der Waals surface area contributed by atoms with Crippen molar-refractivity contribution >= 4 is 40.7 Å². The van der Waals surface area contributed by atoms with Crippen LogP contribution in [-0.4, -0.2) is 41.7 Å². The molecule has 8 nitrogen and oxygen atoms in total. The van der Waals surface area contributed by atoms with E-state index in [-0.39, 0.29) is 42.4 Å². The van der Waals surface area contributed by atoms with Crippen molar-refractivity contribution in [3.05, 3.63) is 63.0 Å². The Labute approximate surface area is 218 Å². The summed E-state index contributed by atoms with van der Waals surface area (Å²) in [5, 5.41) is 16.0. The number of hydrogen-bond donors (Lipinski definition) is 2. The number of carbonyl (C=O) groups excluding carboxylic acids is 4. The van der Waals surface area contributed by atoms with Gasteiger partial charge in [-0.25, -0.2) is 4.79 Å². The van der Waals surface area contributed by atoms with Crippen molar-refractivity contribution in [1.82, 2.24) is 10.2 Å². The minimum atomic E-state index is -1.31. The third kappa shape index (κ3) is 6.77. The van der Waals surface area contributed by atoms with Crippen LogP contribution in [0.1, 0.15) is 34.2 Å². The van der Waals surface area contributed by atoms with Crippen molar-refractivity contribution in [3.63, 3.8) is 0 Å². The Morgan fingerprint density at radius 3 is 2.55 bits per heavy atom. The van der Waals surface area contributed by atoms with E-state index in [1.807, 2.05) is 31.2 Å². The number of nitrogens with one attached hydrogen (secondary N) is 2. The van der Waals surface area contributed by atoms with Crippen LogP contribution in [0, 0.1) is 6.92 Å². The molecule has 33 heavy (non-hydrogen) atoms. The summed E-state index contributed by atoms with van der Waals surface area (Å²) in [7, 11) is 1.53. The number of amides is 3. The fraction of sp³-hybridized carbons (Fsp3) is 0.304. The van der Waals surface area contributed by atoms with E-state index in [4.69, 9.17) is 0 Å². The summed E-state index contributed by atoms with van der Waals surface area (Å²) < 4.78 is 0. The van der Waals surface area contributed by atoms with Gasteiger partial charge in [0.15, 0.2) is 11.8 Å². The largest absolute Gasteiger partial charge is 1.00 e. The van der Waals surface area contributed by atoms with Gasteiger partial charge in [0.25, 0.3) is 5.91 Å². The van der Waals surface area contributed by atoms with Crippen LogP contribution in [0.15, 0.2) is 42.1 Å². The van der Waals surface area contributed by atoms with Crippen molar-refractivity contribution in [3.8, 4) is 0 Å². The maximum absolute atomic E-state index is 12.6. The number of hydrogen-bond acceptors (Lipinski definition) is 6. The number of aryl methyl sites for hydroxylation is 2. The number of nitrogens with zero attached hydrogens (tertiary/aromatic N) is 1. The van der Waals surface area contributed by atoms with Crippen LogP contribution in [-0.2, 0) is 27.2 Å². The van der Waals surface area contributed by atoms with Crippen molar-refractivity contribution < 1.29 is 53.8 Å². The predicted octanol–water partition coefficient (Wildman–Crippen LogP) is -1.23. The molecule has 1 atom stereocenters. The number of aliphatic carboxylic acids is 1. The minimum absolute atomic E-state index is 0. The zero-order valence-electron chi connectivity index (χ0n) is 19.1. The molecule has 0 spiro atoms. The van der Waals surface area contributed by atoms with Gasteiger partial charge in [-0.3, -0.25) is 9.59 Å². The number of carboxylic acid groups (broad SMARTS) is 1. The zero-order valence-corrected chi connectivity index (χ0v) is 21.9.